The molecule has 1 N–H and O–H groups in total. The summed E-state index contributed by atoms with van der Waals surface area (Å²) < 4.78 is 26.7. The molecule has 1 fully saturated rings. The molecule has 1 atom stereocenters. The topological polar surface area (TPSA) is 86.1 Å². The number of hydrogen-bond acceptors (Lipinski definition) is 5. The lowest BCUT2D eigenvalue weighted by Gasteiger charge is -2.29. The fourth-order valence-electron chi connectivity index (χ4n) is 2.47. The fourth-order valence-corrected chi connectivity index (χ4v) is 3.91. The molecular weight excluding hydrogens is 288 g/mol. The van der Waals surface area contributed by atoms with Crippen LogP contribution in [0, 0.1) is 11.3 Å². The van der Waals surface area contributed by atoms with Crippen LogP contribution < -0.4 is 5.32 Å². The highest BCUT2D eigenvalue weighted by Crippen LogP contribution is 2.17. The normalized spacial score (nSPS) is 19.4. The van der Waals surface area contributed by atoms with Gasteiger partial charge in [-0.2, -0.15) is 9.57 Å². The number of nitriles is 1. The van der Waals surface area contributed by atoms with Crippen LogP contribution in [0.25, 0.3) is 0 Å². The zero-order valence-corrected chi connectivity index (χ0v) is 12.9. The minimum atomic E-state index is -3.55. The van der Waals surface area contributed by atoms with E-state index >= 15 is 0 Å². The van der Waals surface area contributed by atoms with Gasteiger partial charge in [-0.3, -0.25) is 0 Å². The van der Waals surface area contributed by atoms with Gasteiger partial charge in [0.05, 0.1) is 0 Å². The Hall–Kier alpha value is -1.49. The SMILES string of the molecule is CCN(CC1CCCCN1)S(=O)(=O)c1ccc(C#N)nc1. The molecule has 1 saturated heterocycles. The van der Waals surface area contributed by atoms with Gasteiger partial charge < -0.3 is 5.32 Å². The van der Waals surface area contributed by atoms with Gasteiger partial charge in [-0.05, 0) is 31.5 Å². The first kappa shape index (κ1) is 15.9. The number of aromatic nitrogens is 1. The van der Waals surface area contributed by atoms with E-state index in [-0.39, 0.29) is 16.6 Å². The van der Waals surface area contributed by atoms with E-state index in [0.717, 1.165) is 25.8 Å². The Morgan fingerprint density at radius 3 is 2.81 bits per heavy atom. The first-order valence-electron chi connectivity index (χ1n) is 7.17. The van der Waals surface area contributed by atoms with E-state index in [2.05, 4.69) is 10.3 Å². The van der Waals surface area contributed by atoms with Crippen molar-refractivity contribution in [2.45, 2.75) is 37.1 Å². The van der Waals surface area contributed by atoms with Crippen molar-refractivity contribution in [1.82, 2.24) is 14.6 Å². The summed E-state index contributed by atoms with van der Waals surface area (Å²) in [5, 5.41) is 12.1. The second-order valence-electron chi connectivity index (χ2n) is 5.09. The Morgan fingerprint density at radius 2 is 2.29 bits per heavy atom. The summed E-state index contributed by atoms with van der Waals surface area (Å²) in [6.45, 7) is 3.66. The van der Waals surface area contributed by atoms with Gasteiger partial charge in [0.25, 0.3) is 0 Å². The van der Waals surface area contributed by atoms with E-state index in [0.29, 0.717) is 13.1 Å². The summed E-state index contributed by atoms with van der Waals surface area (Å²) in [4.78, 5) is 3.98. The van der Waals surface area contributed by atoms with E-state index in [1.807, 2.05) is 13.0 Å². The molecule has 1 aliphatic rings. The van der Waals surface area contributed by atoms with Gasteiger partial charge in [-0.25, -0.2) is 13.4 Å². The van der Waals surface area contributed by atoms with Gasteiger partial charge in [-0.1, -0.05) is 13.3 Å². The van der Waals surface area contributed by atoms with Crippen molar-refractivity contribution in [2.75, 3.05) is 19.6 Å². The van der Waals surface area contributed by atoms with Gasteiger partial charge in [-0.15, -0.1) is 0 Å². The molecule has 114 valence electrons. The van der Waals surface area contributed by atoms with Crippen molar-refractivity contribution in [1.29, 1.82) is 5.26 Å². The Balaban J connectivity index is 2.16. The molecule has 0 bridgehead atoms. The monoisotopic (exact) mass is 308 g/mol. The van der Waals surface area contributed by atoms with Crippen molar-refractivity contribution in [3.05, 3.63) is 24.0 Å². The third kappa shape index (κ3) is 3.79. The predicted molar refractivity (Wildman–Crippen MR) is 79.0 cm³/mol. The van der Waals surface area contributed by atoms with Crippen molar-refractivity contribution >= 4 is 10.0 Å². The third-order valence-corrected chi connectivity index (χ3v) is 5.60. The van der Waals surface area contributed by atoms with Crippen LogP contribution in [-0.2, 0) is 10.0 Å². The van der Waals surface area contributed by atoms with Crippen LogP contribution in [0.15, 0.2) is 23.2 Å². The second kappa shape index (κ2) is 6.98. The highest BCUT2D eigenvalue weighted by atomic mass is 32.2. The molecule has 1 aromatic heterocycles. The van der Waals surface area contributed by atoms with Crippen LogP contribution in [-0.4, -0.2) is 43.4 Å². The number of likely N-dealkylation sites (N-methyl/N-ethyl adjacent to an activating group) is 1. The van der Waals surface area contributed by atoms with E-state index in [9.17, 15) is 8.42 Å². The fraction of sp³-hybridized carbons (Fsp3) is 0.571. The lowest BCUT2D eigenvalue weighted by molar-refractivity contribution is 0.319. The molecule has 0 saturated carbocycles. The molecule has 6 nitrogen and oxygen atoms in total. The highest BCUT2D eigenvalue weighted by Gasteiger charge is 2.26. The third-order valence-electron chi connectivity index (χ3n) is 3.68. The minimum absolute atomic E-state index is 0.138. The molecule has 0 aliphatic carbocycles. The zero-order valence-electron chi connectivity index (χ0n) is 12.1. The molecule has 0 aromatic carbocycles. The number of sulfonamides is 1. The molecule has 7 heteroatoms. The largest absolute Gasteiger partial charge is 0.313 e. The maximum absolute atomic E-state index is 12.6. The summed E-state index contributed by atoms with van der Waals surface area (Å²) in [6, 6.07) is 4.97. The van der Waals surface area contributed by atoms with Gasteiger partial charge in [0.2, 0.25) is 10.0 Å². The number of nitrogens with zero attached hydrogens (tertiary/aromatic N) is 3. The van der Waals surface area contributed by atoms with Crippen molar-refractivity contribution in [3.8, 4) is 6.07 Å². The average Bonchev–Trinajstić information content (AvgIpc) is 2.53. The molecule has 21 heavy (non-hydrogen) atoms. The number of rotatable bonds is 5. The van der Waals surface area contributed by atoms with E-state index in [4.69, 9.17) is 5.26 Å². The summed E-state index contributed by atoms with van der Waals surface area (Å²) in [5.41, 5.74) is 0.214. The maximum atomic E-state index is 12.6. The zero-order chi connectivity index (χ0) is 15.3. The van der Waals surface area contributed by atoms with Crippen LogP contribution in [0.4, 0.5) is 0 Å². The van der Waals surface area contributed by atoms with Crippen LogP contribution >= 0.6 is 0 Å². The molecule has 1 aliphatic heterocycles. The molecule has 2 rings (SSSR count). The predicted octanol–water partition coefficient (Wildman–Crippen LogP) is 1.11. The molecule has 0 spiro atoms. The standard InChI is InChI=1S/C14H20N4O2S/c1-2-18(11-13-5-3-4-8-16-13)21(19,20)14-7-6-12(9-15)17-10-14/h6-7,10,13,16H,2-5,8,11H2,1H3. The van der Waals surface area contributed by atoms with E-state index < -0.39 is 10.0 Å². The molecule has 2 heterocycles. The van der Waals surface area contributed by atoms with Crippen molar-refractivity contribution in [2.24, 2.45) is 0 Å². The Kier molecular flexibility index (Phi) is 5.28. The van der Waals surface area contributed by atoms with E-state index in [1.54, 1.807) is 0 Å². The molecule has 0 amide bonds. The first-order chi connectivity index (χ1) is 10.1. The number of pyridine rings is 1. The van der Waals surface area contributed by atoms with Crippen LogP contribution in [0.5, 0.6) is 0 Å². The van der Waals surface area contributed by atoms with Gasteiger partial charge in [0, 0.05) is 25.3 Å². The second-order valence-corrected chi connectivity index (χ2v) is 7.03. The summed E-state index contributed by atoms with van der Waals surface area (Å²) in [6.07, 6.45) is 4.53. The van der Waals surface area contributed by atoms with E-state index in [1.165, 1.54) is 22.6 Å². The van der Waals surface area contributed by atoms with Gasteiger partial charge >= 0.3 is 0 Å². The van der Waals surface area contributed by atoms with Gasteiger partial charge in [0.1, 0.15) is 16.7 Å². The number of piperidine rings is 1. The Labute approximate surface area is 125 Å². The Morgan fingerprint density at radius 1 is 1.48 bits per heavy atom. The molecule has 0 radical (unpaired) electrons. The van der Waals surface area contributed by atoms with Crippen molar-refractivity contribution < 1.29 is 8.42 Å². The summed E-state index contributed by atoms with van der Waals surface area (Å²) >= 11 is 0. The molecule has 1 aromatic rings. The van der Waals surface area contributed by atoms with Crippen molar-refractivity contribution in [3.63, 3.8) is 0 Å². The van der Waals surface area contributed by atoms with Crippen LogP contribution in [0.1, 0.15) is 31.9 Å². The Bertz CT molecular complexity index is 601. The molecule has 1 unspecified atom stereocenters. The summed E-state index contributed by atoms with van der Waals surface area (Å²) in [5.74, 6) is 0. The minimum Gasteiger partial charge on any atom is -0.313 e. The maximum Gasteiger partial charge on any atom is 0.244 e. The lowest BCUT2D eigenvalue weighted by Crippen LogP contribution is -2.45. The quantitative estimate of drug-likeness (QED) is 0.880. The molecular formula is C14H20N4O2S. The average molecular weight is 308 g/mol. The first-order valence-corrected chi connectivity index (χ1v) is 8.61. The highest BCUT2D eigenvalue weighted by molar-refractivity contribution is 7.89. The van der Waals surface area contributed by atoms with Gasteiger partial charge in [0.15, 0.2) is 0 Å². The lowest BCUT2D eigenvalue weighted by atomic mass is 10.1. The van der Waals surface area contributed by atoms with Crippen LogP contribution in [0.3, 0.4) is 0 Å². The smallest absolute Gasteiger partial charge is 0.244 e. The summed E-state index contributed by atoms with van der Waals surface area (Å²) in [7, 11) is -3.55. The number of nitrogens with one attached hydrogen (secondary N) is 1. The number of hydrogen-bond donors (Lipinski definition) is 1. The van der Waals surface area contributed by atoms with Crippen LogP contribution in [0.2, 0.25) is 0 Å².